The van der Waals surface area contributed by atoms with E-state index in [0.717, 1.165) is 0 Å². The zero-order valence-electron chi connectivity index (χ0n) is 4.15. The minimum Gasteiger partial charge on any atom is -0.214 e. The molecule has 0 nitrogen and oxygen atoms in total. The Labute approximate surface area is 56.8 Å². The first-order valence-electron chi connectivity index (χ1n) is 1.82. The highest BCUT2D eigenvalue weighted by molar-refractivity contribution is 6.26. The molecule has 0 heterocycles. The molecule has 0 fully saturated rings. The predicted molar refractivity (Wildman–Crippen MR) is 21.2 cm³/mol. The zero-order chi connectivity index (χ0) is 8.58. The largest absolute Gasteiger partial charge is 0.458 e. The van der Waals surface area contributed by atoms with Crippen LogP contribution < -0.4 is 0 Å². The van der Waals surface area contributed by atoms with Crippen molar-refractivity contribution < 1.29 is 26.3 Å². The third-order valence-electron chi connectivity index (χ3n) is 0.593. The van der Waals surface area contributed by atoms with Crippen LogP contribution in [0.1, 0.15) is 0 Å². The van der Waals surface area contributed by atoms with E-state index < -0.39 is 17.7 Å². The van der Waals surface area contributed by atoms with Gasteiger partial charge in [0.15, 0.2) is 0 Å². The summed E-state index contributed by atoms with van der Waals surface area (Å²) in [4.78, 5) is 0. The molecule has 0 saturated carbocycles. The van der Waals surface area contributed by atoms with Crippen LogP contribution in [0, 0.1) is 5.63 Å². The molecule has 0 aliphatic heterocycles. The van der Waals surface area contributed by atoms with Gasteiger partial charge in [0.2, 0.25) is 0 Å². The van der Waals surface area contributed by atoms with Gasteiger partial charge in [-0.2, -0.15) is 22.0 Å². The van der Waals surface area contributed by atoms with Gasteiger partial charge >= 0.3 is 17.7 Å². The number of halogens is 7. The summed E-state index contributed by atoms with van der Waals surface area (Å²) < 4.78 is 66.9. The number of hydrogen-bond acceptors (Lipinski definition) is 0. The van der Waals surface area contributed by atoms with E-state index >= 15 is 0 Å². The molecule has 0 aromatic heterocycles. The first kappa shape index (κ1) is 9.87. The Morgan fingerprint density at radius 3 is 1.30 bits per heavy atom. The molecule has 0 aromatic rings. The van der Waals surface area contributed by atoms with Crippen LogP contribution in [0.3, 0.4) is 0 Å². The van der Waals surface area contributed by atoms with Crippen LogP contribution >= 0.6 is 11.6 Å². The Morgan fingerprint density at radius 2 is 1.30 bits per heavy atom. The van der Waals surface area contributed by atoms with Crippen LogP contribution in [0.5, 0.6) is 0 Å². The van der Waals surface area contributed by atoms with Crippen molar-refractivity contribution in [1.82, 2.24) is 0 Å². The number of hydrogen-bond donors (Lipinski definition) is 0. The summed E-state index contributed by atoms with van der Waals surface area (Å²) in [6, 6.07) is 0. The van der Waals surface area contributed by atoms with Crippen molar-refractivity contribution in [2.24, 2.45) is 0 Å². The second kappa shape index (κ2) is 2.48. The summed E-state index contributed by atoms with van der Waals surface area (Å²) >= 11 is 3.83. The van der Waals surface area contributed by atoms with Crippen molar-refractivity contribution in [1.29, 1.82) is 0 Å². The van der Waals surface area contributed by atoms with Crippen LogP contribution in [0.2, 0.25) is 0 Å². The quantitative estimate of drug-likeness (QED) is 0.551. The molecule has 1 radical (unpaired) electrons. The molecular formula is C3ClF6. The van der Waals surface area contributed by atoms with Gasteiger partial charge in [-0.15, -0.1) is 0 Å². The standard InChI is InChI=1S/C3ClF6/c4-1(5)2(6,7)3(8,9)10. The maximum Gasteiger partial charge on any atom is 0.458 e. The van der Waals surface area contributed by atoms with Crippen molar-refractivity contribution in [3.05, 3.63) is 5.63 Å². The second-order valence-electron chi connectivity index (χ2n) is 1.33. The summed E-state index contributed by atoms with van der Waals surface area (Å²) in [5.74, 6) is -5.55. The highest BCUT2D eigenvalue weighted by Crippen LogP contribution is 2.44. The lowest BCUT2D eigenvalue weighted by Gasteiger charge is -2.17. The van der Waals surface area contributed by atoms with E-state index in [2.05, 4.69) is 11.6 Å². The van der Waals surface area contributed by atoms with Gasteiger partial charge in [0, 0.05) is 0 Å². The van der Waals surface area contributed by atoms with Crippen LogP contribution in [0.25, 0.3) is 0 Å². The third kappa shape index (κ3) is 1.68. The molecule has 10 heavy (non-hydrogen) atoms. The van der Waals surface area contributed by atoms with Crippen molar-refractivity contribution in [2.75, 3.05) is 0 Å². The first-order valence-corrected chi connectivity index (χ1v) is 2.20. The average molecular weight is 185 g/mol. The van der Waals surface area contributed by atoms with Crippen molar-refractivity contribution in [3.63, 3.8) is 0 Å². The Morgan fingerprint density at radius 1 is 1.00 bits per heavy atom. The molecule has 0 aromatic carbocycles. The Balaban J connectivity index is 4.40. The highest BCUT2D eigenvalue weighted by atomic mass is 35.5. The lowest BCUT2D eigenvalue weighted by Crippen LogP contribution is -2.38. The fraction of sp³-hybridized carbons (Fsp3) is 0.667. The van der Waals surface area contributed by atoms with E-state index in [0.29, 0.717) is 0 Å². The Hall–Kier alpha value is -0.130. The Bertz CT molecular complexity index is 115. The van der Waals surface area contributed by atoms with Crippen molar-refractivity contribution in [3.8, 4) is 0 Å². The van der Waals surface area contributed by atoms with Gasteiger partial charge in [-0.25, -0.2) is 4.39 Å². The van der Waals surface area contributed by atoms with Gasteiger partial charge < -0.3 is 0 Å². The van der Waals surface area contributed by atoms with Gasteiger partial charge in [0.05, 0.1) is 0 Å². The SMILES string of the molecule is F[C](Cl)C(F)(F)C(F)(F)F. The maximum absolute atomic E-state index is 11.4. The normalized spacial score (nSPS) is 14.4. The van der Waals surface area contributed by atoms with Crippen LogP contribution in [0.4, 0.5) is 26.3 Å². The molecule has 0 saturated heterocycles. The summed E-state index contributed by atoms with van der Waals surface area (Å²) in [5, 5.41) is 0. The molecular weight excluding hydrogens is 185 g/mol. The topological polar surface area (TPSA) is 0 Å². The summed E-state index contributed by atoms with van der Waals surface area (Å²) in [6.45, 7) is 0. The Kier molecular flexibility index (Phi) is 2.45. The van der Waals surface area contributed by atoms with Gasteiger partial charge in [-0.1, -0.05) is 11.6 Å². The molecule has 0 atom stereocenters. The molecule has 0 aliphatic rings. The average Bonchev–Trinajstić information content (AvgIpc) is 1.62. The van der Waals surface area contributed by atoms with E-state index in [1.807, 2.05) is 0 Å². The van der Waals surface area contributed by atoms with Crippen molar-refractivity contribution in [2.45, 2.75) is 12.1 Å². The highest BCUT2D eigenvalue weighted by Gasteiger charge is 2.64. The van der Waals surface area contributed by atoms with E-state index in [4.69, 9.17) is 0 Å². The minimum absolute atomic E-state index is 2.97. The minimum atomic E-state index is -5.96. The van der Waals surface area contributed by atoms with Crippen LogP contribution in [0.15, 0.2) is 0 Å². The molecule has 7 heteroatoms. The van der Waals surface area contributed by atoms with Crippen molar-refractivity contribution >= 4 is 11.6 Å². The monoisotopic (exact) mass is 185 g/mol. The maximum atomic E-state index is 11.4. The van der Waals surface area contributed by atoms with E-state index in [-0.39, 0.29) is 0 Å². The van der Waals surface area contributed by atoms with E-state index in [1.165, 1.54) is 0 Å². The summed E-state index contributed by atoms with van der Waals surface area (Å²) in [5.41, 5.74) is -2.97. The van der Waals surface area contributed by atoms with Crippen LogP contribution in [-0.4, -0.2) is 12.1 Å². The predicted octanol–water partition coefficient (Wildman–Crippen LogP) is 2.88. The molecule has 0 bridgehead atoms. The molecule has 0 rings (SSSR count). The molecule has 0 unspecified atom stereocenters. The molecule has 0 spiro atoms. The lowest BCUT2D eigenvalue weighted by molar-refractivity contribution is -0.276. The number of rotatable bonds is 1. The van der Waals surface area contributed by atoms with E-state index in [9.17, 15) is 26.3 Å². The lowest BCUT2D eigenvalue weighted by atomic mass is 10.4. The number of alkyl halides is 5. The second-order valence-corrected chi connectivity index (χ2v) is 1.66. The smallest absolute Gasteiger partial charge is 0.214 e. The van der Waals surface area contributed by atoms with Gasteiger partial charge in [0.1, 0.15) is 0 Å². The van der Waals surface area contributed by atoms with Gasteiger partial charge in [-0.3, -0.25) is 0 Å². The van der Waals surface area contributed by atoms with E-state index in [1.54, 1.807) is 0 Å². The van der Waals surface area contributed by atoms with Gasteiger partial charge in [0.25, 0.3) is 0 Å². The summed E-state index contributed by atoms with van der Waals surface area (Å²) in [6.07, 6.45) is -5.96. The molecule has 0 N–H and O–H groups in total. The van der Waals surface area contributed by atoms with Crippen LogP contribution in [-0.2, 0) is 0 Å². The molecule has 61 valence electrons. The first-order chi connectivity index (χ1) is 4.19. The summed E-state index contributed by atoms with van der Waals surface area (Å²) in [7, 11) is 0. The zero-order valence-corrected chi connectivity index (χ0v) is 4.90. The molecule has 0 aliphatic carbocycles. The fourth-order valence-electron chi connectivity index (χ4n) is 0.107. The fourth-order valence-corrected chi connectivity index (χ4v) is 0.214. The molecule has 0 amide bonds. The van der Waals surface area contributed by atoms with Gasteiger partial charge in [-0.05, 0) is 0 Å². The third-order valence-corrected chi connectivity index (χ3v) is 0.831.